The van der Waals surface area contributed by atoms with E-state index < -0.39 is 29.5 Å². The van der Waals surface area contributed by atoms with Crippen LogP contribution in [0.4, 0.5) is 30.5 Å². The first kappa shape index (κ1) is 27.0. The number of nitrogens with one attached hydrogen (secondary N) is 1. The van der Waals surface area contributed by atoms with Gasteiger partial charge in [-0.25, -0.2) is 19.3 Å². The number of aromatic nitrogens is 5. The SMILES string of the molecule is C=CCn1c(=O)c2cnc(Nc3ccc(N4CCN(C)CC4)cc3)nc2n1-c1ccc2c(n1)C(O)(C(F)(F)F)CC2. The zero-order chi connectivity index (χ0) is 28.9. The molecule has 4 heterocycles. The van der Waals surface area contributed by atoms with E-state index in [0.717, 1.165) is 37.6 Å². The summed E-state index contributed by atoms with van der Waals surface area (Å²) in [6, 6.07) is 10.9. The van der Waals surface area contributed by atoms with E-state index in [9.17, 15) is 23.1 Å². The molecule has 0 amide bonds. The summed E-state index contributed by atoms with van der Waals surface area (Å²) in [5.41, 5.74) is -1.68. The molecular formula is C28H29F3N8O2. The molecule has 13 heteroatoms. The summed E-state index contributed by atoms with van der Waals surface area (Å²) in [4.78, 5) is 30.9. The molecule has 1 fully saturated rings. The lowest BCUT2D eigenvalue weighted by Crippen LogP contribution is -2.44. The van der Waals surface area contributed by atoms with Crippen molar-refractivity contribution in [2.24, 2.45) is 0 Å². The van der Waals surface area contributed by atoms with Gasteiger partial charge in [-0.05, 0) is 55.8 Å². The number of rotatable bonds is 6. The fourth-order valence-electron chi connectivity index (χ4n) is 5.42. The number of benzene rings is 1. The summed E-state index contributed by atoms with van der Waals surface area (Å²) in [5.74, 6) is 0.214. The van der Waals surface area contributed by atoms with Crippen LogP contribution in [0.1, 0.15) is 17.7 Å². The van der Waals surface area contributed by atoms with E-state index in [4.69, 9.17) is 0 Å². The van der Waals surface area contributed by atoms with E-state index in [-0.39, 0.29) is 35.8 Å². The van der Waals surface area contributed by atoms with Crippen molar-refractivity contribution in [3.8, 4) is 5.82 Å². The highest BCUT2D eigenvalue weighted by Crippen LogP contribution is 2.47. The number of hydrogen-bond donors (Lipinski definition) is 2. The van der Waals surface area contributed by atoms with E-state index >= 15 is 0 Å². The van der Waals surface area contributed by atoms with Gasteiger partial charge in [0, 0.05) is 43.8 Å². The molecule has 1 atom stereocenters. The molecule has 2 aliphatic rings. The van der Waals surface area contributed by atoms with Gasteiger partial charge in [-0.15, -0.1) is 6.58 Å². The molecule has 3 aromatic heterocycles. The number of pyridine rings is 1. The molecule has 0 saturated carbocycles. The molecule has 4 aromatic rings. The van der Waals surface area contributed by atoms with E-state index in [1.54, 1.807) is 0 Å². The Balaban J connectivity index is 1.37. The average molecular weight is 567 g/mol. The van der Waals surface area contributed by atoms with E-state index in [1.807, 2.05) is 24.3 Å². The van der Waals surface area contributed by atoms with Gasteiger partial charge < -0.3 is 20.2 Å². The van der Waals surface area contributed by atoms with Crippen LogP contribution in [-0.4, -0.2) is 73.7 Å². The summed E-state index contributed by atoms with van der Waals surface area (Å²) in [6.07, 6.45) is -2.51. The minimum Gasteiger partial charge on any atom is -0.375 e. The van der Waals surface area contributed by atoms with Crippen molar-refractivity contribution in [1.82, 2.24) is 29.2 Å². The maximum Gasteiger partial charge on any atom is 0.423 e. The highest BCUT2D eigenvalue weighted by Gasteiger charge is 2.59. The number of alkyl halides is 3. The first-order valence-electron chi connectivity index (χ1n) is 13.3. The molecule has 1 aromatic carbocycles. The van der Waals surface area contributed by atoms with Crippen LogP contribution in [0.25, 0.3) is 16.9 Å². The number of aliphatic hydroxyl groups is 1. The first-order chi connectivity index (χ1) is 19.6. The summed E-state index contributed by atoms with van der Waals surface area (Å²) < 4.78 is 44.1. The summed E-state index contributed by atoms with van der Waals surface area (Å²) in [7, 11) is 2.11. The van der Waals surface area contributed by atoms with Crippen molar-refractivity contribution < 1.29 is 18.3 Å². The topological polar surface area (TPSA) is 104 Å². The number of fused-ring (bicyclic) bond motifs is 2. The van der Waals surface area contributed by atoms with E-state index in [2.05, 4.69) is 43.7 Å². The van der Waals surface area contributed by atoms with Crippen molar-refractivity contribution in [2.45, 2.75) is 31.2 Å². The normalized spacial score (nSPS) is 19.5. The van der Waals surface area contributed by atoms with Crippen molar-refractivity contribution in [3.63, 3.8) is 0 Å². The van der Waals surface area contributed by atoms with Crippen LogP contribution in [0.2, 0.25) is 0 Å². The fraction of sp³-hybridized carbons (Fsp3) is 0.357. The number of likely N-dealkylation sites (N-methyl/N-ethyl adjacent to an activating group) is 1. The third-order valence-electron chi connectivity index (χ3n) is 7.77. The zero-order valence-electron chi connectivity index (χ0n) is 22.4. The molecule has 1 unspecified atom stereocenters. The van der Waals surface area contributed by atoms with Gasteiger partial charge in [0.1, 0.15) is 5.39 Å². The second-order valence-electron chi connectivity index (χ2n) is 10.4. The lowest BCUT2D eigenvalue weighted by molar-refractivity contribution is -0.266. The van der Waals surface area contributed by atoms with Gasteiger partial charge >= 0.3 is 6.18 Å². The number of nitrogens with zero attached hydrogens (tertiary/aromatic N) is 7. The molecule has 0 spiro atoms. The molecule has 1 aliphatic heterocycles. The number of aryl methyl sites for hydroxylation is 1. The Hall–Kier alpha value is -4.23. The Morgan fingerprint density at radius 3 is 2.51 bits per heavy atom. The molecule has 2 N–H and O–H groups in total. The van der Waals surface area contributed by atoms with Crippen molar-refractivity contribution in [2.75, 3.05) is 43.4 Å². The highest BCUT2D eigenvalue weighted by molar-refractivity contribution is 5.77. The van der Waals surface area contributed by atoms with Crippen molar-refractivity contribution in [3.05, 3.63) is 76.9 Å². The fourth-order valence-corrected chi connectivity index (χ4v) is 5.42. The first-order valence-corrected chi connectivity index (χ1v) is 13.3. The number of halogens is 3. The molecule has 0 radical (unpaired) electrons. The predicted octanol–water partition coefficient (Wildman–Crippen LogP) is 3.35. The lowest BCUT2D eigenvalue weighted by Gasteiger charge is -2.34. The second kappa shape index (κ2) is 10.00. The third kappa shape index (κ3) is 4.64. The van der Waals surface area contributed by atoms with Crippen LogP contribution in [0.15, 0.2) is 60.0 Å². The van der Waals surface area contributed by atoms with Crippen LogP contribution in [0.5, 0.6) is 0 Å². The predicted molar refractivity (Wildman–Crippen MR) is 149 cm³/mol. The summed E-state index contributed by atoms with van der Waals surface area (Å²) in [5, 5.41) is 13.9. The van der Waals surface area contributed by atoms with E-state index in [0.29, 0.717) is 5.56 Å². The molecule has 41 heavy (non-hydrogen) atoms. The third-order valence-corrected chi connectivity index (χ3v) is 7.77. The standard InChI is InChI=1S/C28H29F3N8O2/c1-3-12-38-25(40)21-17-32-26(33-19-5-7-20(8-6-19)37-15-13-36(2)14-16-37)35-24(21)39(38)22-9-4-18-10-11-27(41,23(18)34-22)28(29,30)31/h3-9,17,41H,1,10-16H2,2H3,(H,32,33,35). The van der Waals surface area contributed by atoms with Gasteiger partial charge in [0.15, 0.2) is 11.5 Å². The Labute approximate surface area is 233 Å². The van der Waals surface area contributed by atoms with Crippen LogP contribution < -0.4 is 15.8 Å². The van der Waals surface area contributed by atoms with Gasteiger partial charge in [0.2, 0.25) is 11.5 Å². The number of allylic oxidation sites excluding steroid dienone is 1. The van der Waals surface area contributed by atoms with Gasteiger partial charge in [-0.1, -0.05) is 12.1 Å². The van der Waals surface area contributed by atoms with Crippen LogP contribution in [-0.2, 0) is 18.6 Å². The number of hydrogen-bond acceptors (Lipinski definition) is 8. The van der Waals surface area contributed by atoms with Gasteiger partial charge in [-0.2, -0.15) is 18.2 Å². The largest absolute Gasteiger partial charge is 0.423 e. The Kier molecular flexibility index (Phi) is 6.57. The smallest absolute Gasteiger partial charge is 0.375 e. The molecule has 214 valence electrons. The zero-order valence-corrected chi connectivity index (χ0v) is 22.4. The van der Waals surface area contributed by atoms with Gasteiger partial charge in [0.25, 0.3) is 5.56 Å². The van der Waals surface area contributed by atoms with Gasteiger partial charge in [0.05, 0.1) is 12.2 Å². The quantitative estimate of drug-likeness (QED) is 0.343. The molecular weight excluding hydrogens is 537 g/mol. The maximum absolute atomic E-state index is 13.8. The monoisotopic (exact) mass is 566 g/mol. The molecule has 1 aliphatic carbocycles. The molecule has 0 bridgehead atoms. The Bertz CT molecular complexity index is 1670. The van der Waals surface area contributed by atoms with Gasteiger partial charge in [-0.3, -0.25) is 4.79 Å². The van der Waals surface area contributed by atoms with E-state index in [1.165, 1.54) is 33.8 Å². The average Bonchev–Trinajstić information content (AvgIpc) is 3.44. The van der Waals surface area contributed by atoms with Crippen molar-refractivity contribution >= 4 is 28.4 Å². The highest BCUT2D eigenvalue weighted by atomic mass is 19.4. The second-order valence-corrected chi connectivity index (χ2v) is 10.4. The minimum atomic E-state index is -4.90. The molecule has 10 nitrogen and oxygen atoms in total. The molecule has 6 rings (SSSR count). The number of anilines is 3. The summed E-state index contributed by atoms with van der Waals surface area (Å²) in [6.45, 7) is 7.63. The van der Waals surface area contributed by atoms with Crippen LogP contribution in [0, 0.1) is 0 Å². The summed E-state index contributed by atoms with van der Waals surface area (Å²) >= 11 is 0. The minimum absolute atomic E-state index is 0.0171. The number of piperazine rings is 1. The Morgan fingerprint density at radius 2 is 1.83 bits per heavy atom. The maximum atomic E-state index is 13.8. The molecule has 1 saturated heterocycles. The van der Waals surface area contributed by atoms with Crippen molar-refractivity contribution in [1.29, 1.82) is 0 Å². The van der Waals surface area contributed by atoms with Crippen LogP contribution >= 0.6 is 0 Å². The van der Waals surface area contributed by atoms with Crippen LogP contribution in [0.3, 0.4) is 0 Å². The lowest BCUT2D eigenvalue weighted by atomic mass is 10.0. The Morgan fingerprint density at radius 1 is 1.10 bits per heavy atom.